The molecule has 0 heterocycles. The molecule has 1 rings (SSSR count). The number of unbranched alkanes of at least 4 members (excludes halogenated alkanes) is 1. The summed E-state index contributed by atoms with van der Waals surface area (Å²) in [5.41, 5.74) is 0.603. The van der Waals surface area contributed by atoms with Crippen LogP contribution in [0.4, 0.5) is 0 Å². The molecule has 0 spiro atoms. The first-order chi connectivity index (χ1) is 7.27. The lowest BCUT2D eigenvalue weighted by atomic mass is 10.2. The van der Waals surface area contributed by atoms with Gasteiger partial charge >= 0.3 is 0 Å². The minimum Gasteiger partial charge on any atom is -0.492 e. The number of nitrogens with zero attached hydrogens (tertiary/aromatic N) is 1. The Hall–Kier alpha value is -1.34. The fourth-order valence-corrected chi connectivity index (χ4v) is 1.55. The Morgan fingerprint density at radius 1 is 1.53 bits per heavy atom. The monoisotopic (exact) mass is 267 g/mol. The molecule has 0 amide bonds. The molecule has 1 aromatic carbocycles. The van der Waals surface area contributed by atoms with Crippen molar-refractivity contribution in [3.8, 4) is 11.8 Å². The maximum atomic E-state index is 10.5. The molecule has 0 fully saturated rings. The number of aldehydes is 1. The van der Waals surface area contributed by atoms with Crippen molar-refractivity contribution in [1.29, 1.82) is 5.26 Å². The third-order valence-electron chi connectivity index (χ3n) is 1.78. The first-order valence-electron chi connectivity index (χ1n) is 4.52. The molecule has 4 heteroatoms. The summed E-state index contributed by atoms with van der Waals surface area (Å²) < 4.78 is 6.18. The predicted octanol–water partition coefficient (Wildman–Crippen LogP) is 2.94. The average Bonchev–Trinajstić information content (AvgIpc) is 2.26. The summed E-state index contributed by atoms with van der Waals surface area (Å²) in [5, 5.41) is 8.33. The normalized spacial score (nSPS) is 9.33. The quantitative estimate of drug-likeness (QED) is 0.609. The number of benzene rings is 1. The average molecular weight is 268 g/mol. The number of hydrogen-bond donors (Lipinski definition) is 0. The molecule has 0 aliphatic heterocycles. The fourth-order valence-electron chi connectivity index (χ4n) is 1.04. The van der Waals surface area contributed by atoms with E-state index in [-0.39, 0.29) is 0 Å². The topological polar surface area (TPSA) is 50.1 Å². The highest BCUT2D eigenvalue weighted by Crippen LogP contribution is 2.25. The van der Waals surface area contributed by atoms with Crippen LogP contribution >= 0.6 is 15.9 Å². The third-order valence-corrected chi connectivity index (χ3v) is 2.40. The van der Waals surface area contributed by atoms with Gasteiger partial charge in [-0.25, -0.2) is 0 Å². The van der Waals surface area contributed by atoms with Gasteiger partial charge in [0.25, 0.3) is 0 Å². The van der Waals surface area contributed by atoms with E-state index >= 15 is 0 Å². The molecule has 0 bridgehead atoms. The molecule has 1 aromatic rings. The molecule has 0 aliphatic carbocycles. The van der Waals surface area contributed by atoms with Gasteiger partial charge in [-0.3, -0.25) is 4.79 Å². The molecule has 0 saturated heterocycles. The first kappa shape index (κ1) is 11.7. The van der Waals surface area contributed by atoms with Crippen LogP contribution < -0.4 is 4.74 Å². The second kappa shape index (κ2) is 6.20. The van der Waals surface area contributed by atoms with Crippen molar-refractivity contribution in [1.82, 2.24) is 0 Å². The third kappa shape index (κ3) is 3.72. The van der Waals surface area contributed by atoms with Crippen LogP contribution in [0.25, 0.3) is 0 Å². The number of rotatable bonds is 5. The Labute approximate surface area is 96.8 Å². The molecule has 0 N–H and O–H groups in total. The van der Waals surface area contributed by atoms with E-state index in [1.807, 2.05) is 6.07 Å². The molecule has 0 unspecified atom stereocenters. The van der Waals surface area contributed by atoms with Crippen molar-refractivity contribution in [3.05, 3.63) is 28.2 Å². The number of hydrogen-bond acceptors (Lipinski definition) is 3. The highest BCUT2D eigenvalue weighted by molar-refractivity contribution is 9.10. The number of carbonyl (C=O) groups excluding carboxylic acids is 1. The molecule has 15 heavy (non-hydrogen) atoms. The number of halogens is 1. The van der Waals surface area contributed by atoms with Gasteiger partial charge in [0.2, 0.25) is 0 Å². The molecule has 0 atom stereocenters. The maximum absolute atomic E-state index is 10.5. The van der Waals surface area contributed by atoms with Crippen LogP contribution in [0.5, 0.6) is 5.75 Å². The maximum Gasteiger partial charge on any atom is 0.150 e. The van der Waals surface area contributed by atoms with Crippen LogP contribution in [-0.2, 0) is 0 Å². The Morgan fingerprint density at radius 3 is 2.93 bits per heavy atom. The number of nitriles is 1. The van der Waals surface area contributed by atoms with Gasteiger partial charge in [-0.15, -0.1) is 0 Å². The lowest BCUT2D eigenvalue weighted by molar-refractivity contribution is 0.112. The van der Waals surface area contributed by atoms with E-state index in [1.54, 1.807) is 18.2 Å². The van der Waals surface area contributed by atoms with Crippen molar-refractivity contribution in [3.63, 3.8) is 0 Å². The summed E-state index contributed by atoms with van der Waals surface area (Å²) in [4.78, 5) is 10.5. The summed E-state index contributed by atoms with van der Waals surface area (Å²) in [6.07, 6.45) is 1.98. The predicted molar refractivity (Wildman–Crippen MR) is 59.9 cm³/mol. The first-order valence-corrected chi connectivity index (χ1v) is 5.31. The second-order valence-electron chi connectivity index (χ2n) is 2.92. The van der Waals surface area contributed by atoms with Gasteiger partial charge < -0.3 is 4.74 Å². The van der Waals surface area contributed by atoms with Gasteiger partial charge in [-0.05, 0) is 40.5 Å². The van der Waals surface area contributed by atoms with E-state index in [1.165, 1.54) is 0 Å². The fraction of sp³-hybridized carbons (Fsp3) is 0.273. The van der Waals surface area contributed by atoms with Crippen LogP contribution in [0.15, 0.2) is 22.7 Å². The van der Waals surface area contributed by atoms with E-state index in [2.05, 4.69) is 15.9 Å². The zero-order valence-electron chi connectivity index (χ0n) is 8.07. The van der Waals surface area contributed by atoms with Gasteiger partial charge in [0.1, 0.15) is 12.0 Å². The SMILES string of the molecule is N#CCCCOc1ccc(C=O)cc1Br. The van der Waals surface area contributed by atoms with E-state index in [0.29, 0.717) is 30.8 Å². The number of ether oxygens (including phenoxy) is 1. The summed E-state index contributed by atoms with van der Waals surface area (Å²) >= 11 is 3.31. The zero-order chi connectivity index (χ0) is 11.1. The number of carbonyl (C=O) groups is 1. The van der Waals surface area contributed by atoms with E-state index in [9.17, 15) is 4.79 Å². The van der Waals surface area contributed by atoms with Crippen molar-refractivity contribution >= 4 is 22.2 Å². The highest BCUT2D eigenvalue weighted by atomic mass is 79.9. The minimum absolute atomic E-state index is 0.490. The van der Waals surface area contributed by atoms with E-state index < -0.39 is 0 Å². The smallest absolute Gasteiger partial charge is 0.150 e. The van der Waals surface area contributed by atoms with Gasteiger partial charge in [0.15, 0.2) is 0 Å². The van der Waals surface area contributed by atoms with Crippen molar-refractivity contribution in [2.24, 2.45) is 0 Å². The molecule has 0 aromatic heterocycles. The van der Waals surface area contributed by atoms with Crippen LogP contribution in [-0.4, -0.2) is 12.9 Å². The van der Waals surface area contributed by atoms with Gasteiger partial charge in [0, 0.05) is 12.0 Å². The Bertz CT molecular complexity index is 385. The molecule has 78 valence electrons. The van der Waals surface area contributed by atoms with Gasteiger partial charge in [0.05, 0.1) is 17.1 Å². The molecule has 0 saturated carbocycles. The summed E-state index contributed by atoms with van der Waals surface area (Å²) in [7, 11) is 0. The van der Waals surface area contributed by atoms with Crippen LogP contribution in [0, 0.1) is 11.3 Å². The zero-order valence-corrected chi connectivity index (χ0v) is 9.66. The van der Waals surface area contributed by atoms with Gasteiger partial charge in [-0.2, -0.15) is 5.26 Å². The molecule has 0 radical (unpaired) electrons. The van der Waals surface area contributed by atoms with Crippen LogP contribution in [0.2, 0.25) is 0 Å². The van der Waals surface area contributed by atoms with Crippen molar-refractivity contribution in [2.75, 3.05) is 6.61 Å². The summed E-state index contributed by atoms with van der Waals surface area (Å²) in [6.45, 7) is 0.507. The van der Waals surface area contributed by atoms with E-state index in [0.717, 1.165) is 10.8 Å². The lowest BCUT2D eigenvalue weighted by Crippen LogP contribution is -1.97. The molecular weight excluding hydrogens is 258 g/mol. The lowest BCUT2D eigenvalue weighted by Gasteiger charge is -2.07. The van der Waals surface area contributed by atoms with Gasteiger partial charge in [-0.1, -0.05) is 0 Å². The summed E-state index contributed by atoms with van der Waals surface area (Å²) in [5.74, 6) is 0.693. The molecular formula is C11H10BrNO2. The van der Waals surface area contributed by atoms with Crippen molar-refractivity contribution in [2.45, 2.75) is 12.8 Å². The Balaban J connectivity index is 2.55. The minimum atomic E-state index is 0.490. The van der Waals surface area contributed by atoms with Crippen LogP contribution in [0.1, 0.15) is 23.2 Å². The standard InChI is InChI=1S/C11H10BrNO2/c12-10-7-9(8-14)3-4-11(10)15-6-2-1-5-13/h3-4,7-8H,1-2,6H2. The van der Waals surface area contributed by atoms with Crippen molar-refractivity contribution < 1.29 is 9.53 Å². The Morgan fingerprint density at radius 2 is 2.33 bits per heavy atom. The van der Waals surface area contributed by atoms with E-state index in [4.69, 9.17) is 10.00 Å². The van der Waals surface area contributed by atoms with Crippen LogP contribution in [0.3, 0.4) is 0 Å². The Kier molecular flexibility index (Phi) is 4.85. The highest BCUT2D eigenvalue weighted by Gasteiger charge is 2.01. The molecule has 0 aliphatic rings. The largest absolute Gasteiger partial charge is 0.492 e. The second-order valence-corrected chi connectivity index (χ2v) is 3.77. The summed E-state index contributed by atoms with van der Waals surface area (Å²) in [6, 6.07) is 7.18. The molecule has 3 nitrogen and oxygen atoms in total.